The van der Waals surface area contributed by atoms with Crippen LogP contribution in [0, 0.1) is 5.92 Å². The van der Waals surface area contributed by atoms with Crippen LogP contribution < -0.4 is 5.32 Å². The van der Waals surface area contributed by atoms with E-state index in [2.05, 4.69) is 10.3 Å². The van der Waals surface area contributed by atoms with E-state index in [9.17, 15) is 4.79 Å². The molecule has 92 valence electrons. The molecule has 1 atom stereocenters. The maximum Gasteiger partial charge on any atom is 0.339 e. The number of hydrogen-bond donors (Lipinski definition) is 1. The van der Waals surface area contributed by atoms with Gasteiger partial charge in [-0.3, -0.25) is 4.98 Å². The van der Waals surface area contributed by atoms with Crippen molar-refractivity contribution in [1.29, 1.82) is 0 Å². The molecule has 1 unspecified atom stereocenters. The number of nitrogens with one attached hydrogen (secondary N) is 1. The maximum atomic E-state index is 11.6. The van der Waals surface area contributed by atoms with Crippen LogP contribution in [0.1, 0.15) is 29.6 Å². The molecule has 17 heavy (non-hydrogen) atoms. The van der Waals surface area contributed by atoms with E-state index in [0.717, 1.165) is 19.5 Å². The highest BCUT2D eigenvalue weighted by Crippen LogP contribution is 2.14. The predicted octanol–water partition coefficient (Wildman–Crippen LogP) is 1.63. The molecule has 2 heterocycles. The van der Waals surface area contributed by atoms with Crippen molar-refractivity contribution in [2.75, 3.05) is 19.7 Å². The second kappa shape index (κ2) is 6.35. The Labute approximate surface area is 101 Å². The summed E-state index contributed by atoms with van der Waals surface area (Å²) in [5, 5.41) is 3.35. The fourth-order valence-corrected chi connectivity index (χ4v) is 2.06. The van der Waals surface area contributed by atoms with Crippen molar-refractivity contribution < 1.29 is 9.53 Å². The molecule has 0 aromatic carbocycles. The van der Waals surface area contributed by atoms with Gasteiger partial charge in [0.15, 0.2) is 0 Å². The number of carbonyl (C=O) groups excluding carboxylic acids is 1. The van der Waals surface area contributed by atoms with Crippen molar-refractivity contribution in [2.45, 2.75) is 19.3 Å². The summed E-state index contributed by atoms with van der Waals surface area (Å²) in [6.45, 7) is 2.66. The van der Waals surface area contributed by atoms with Gasteiger partial charge in [0.2, 0.25) is 0 Å². The Morgan fingerprint density at radius 2 is 2.53 bits per heavy atom. The molecule has 0 bridgehead atoms. The lowest BCUT2D eigenvalue weighted by atomic mass is 9.97. The first-order chi connectivity index (χ1) is 8.36. The van der Waals surface area contributed by atoms with Gasteiger partial charge in [-0.1, -0.05) is 0 Å². The molecule has 1 fully saturated rings. The summed E-state index contributed by atoms with van der Waals surface area (Å²) in [5.74, 6) is 0.368. The molecule has 0 saturated carbocycles. The van der Waals surface area contributed by atoms with Crippen LogP contribution in [0.5, 0.6) is 0 Å². The lowest BCUT2D eigenvalue weighted by Gasteiger charge is -2.22. The number of aromatic nitrogens is 1. The predicted molar refractivity (Wildman–Crippen MR) is 64.7 cm³/mol. The number of pyridine rings is 1. The van der Waals surface area contributed by atoms with E-state index in [1.54, 1.807) is 18.3 Å². The molecular formula is C13H18N2O2. The SMILES string of the molecule is O=C(OCCC1CCCNC1)c1cccnc1. The molecule has 1 saturated heterocycles. The Morgan fingerprint density at radius 1 is 1.59 bits per heavy atom. The van der Waals surface area contributed by atoms with Crippen LogP contribution in [0.3, 0.4) is 0 Å². The molecule has 4 heteroatoms. The van der Waals surface area contributed by atoms with E-state index in [4.69, 9.17) is 4.74 Å². The standard InChI is InChI=1S/C13H18N2O2/c16-13(12-4-2-7-15-10-12)17-8-5-11-3-1-6-14-9-11/h2,4,7,10-11,14H,1,3,5-6,8-9H2. The van der Waals surface area contributed by atoms with Gasteiger partial charge in [0.05, 0.1) is 12.2 Å². The maximum absolute atomic E-state index is 11.6. The highest BCUT2D eigenvalue weighted by molar-refractivity contribution is 5.88. The first-order valence-corrected chi connectivity index (χ1v) is 6.14. The Hall–Kier alpha value is -1.42. The molecule has 1 aliphatic heterocycles. The minimum atomic E-state index is -0.276. The van der Waals surface area contributed by atoms with Gasteiger partial charge in [-0.15, -0.1) is 0 Å². The van der Waals surface area contributed by atoms with E-state index in [-0.39, 0.29) is 5.97 Å². The summed E-state index contributed by atoms with van der Waals surface area (Å²) in [5.41, 5.74) is 0.522. The zero-order valence-electron chi connectivity index (χ0n) is 9.89. The van der Waals surface area contributed by atoms with Crippen molar-refractivity contribution in [2.24, 2.45) is 5.92 Å². The van der Waals surface area contributed by atoms with Crippen LogP contribution in [0.15, 0.2) is 24.5 Å². The number of hydrogen-bond acceptors (Lipinski definition) is 4. The summed E-state index contributed by atoms with van der Waals surface area (Å²) in [6.07, 6.45) is 6.58. The Morgan fingerprint density at radius 3 is 3.24 bits per heavy atom. The normalized spacial score (nSPS) is 19.9. The van der Waals surface area contributed by atoms with E-state index in [1.807, 2.05) is 0 Å². The van der Waals surface area contributed by atoms with Gasteiger partial charge in [-0.25, -0.2) is 4.79 Å². The smallest absolute Gasteiger partial charge is 0.339 e. The third-order valence-corrected chi connectivity index (χ3v) is 3.06. The zero-order chi connectivity index (χ0) is 11.9. The second-order valence-corrected chi connectivity index (χ2v) is 4.38. The average Bonchev–Trinajstić information content (AvgIpc) is 2.41. The van der Waals surface area contributed by atoms with E-state index in [0.29, 0.717) is 18.1 Å². The fraction of sp³-hybridized carbons (Fsp3) is 0.538. The molecular weight excluding hydrogens is 216 g/mol. The zero-order valence-corrected chi connectivity index (χ0v) is 9.89. The van der Waals surface area contributed by atoms with Crippen molar-refractivity contribution in [3.05, 3.63) is 30.1 Å². The van der Waals surface area contributed by atoms with Crippen LogP contribution in [0.4, 0.5) is 0 Å². The van der Waals surface area contributed by atoms with Gasteiger partial charge in [-0.05, 0) is 50.4 Å². The summed E-state index contributed by atoms with van der Waals surface area (Å²) >= 11 is 0. The number of esters is 1. The lowest BCUT2D eigenvalue weighted by Crippen LogP contribution is -2.30. The summed E-state index contributed by atoms with van der Waals surface area (Å²) < 4.78 is 5.22. The van der Waals surface area contributed by atoms with Crippen molar-refractivity contribution in [1.82, 2.24) is 10.3 Å². The Balaban J connectivity index is 1.69. The Bertz CT molecular complexity index is 348. The van der Waals surface area contributed by atoms with Gasteiger partial charge in [0.25, 0.3) is 0 Å². The number of rotatable bonds is 4. The molecule has 4 nitrogen and oxygen atoms in total. The molecule has 1 aromatic rings. The van der Waals surface area contributed by atoms with E-state index >= 15 is 0 Å². The molecule has 2 rings (SSSR count). The second-order valence-electron chi connectivity index (χ2n) is 4.38. The van der Waals surface area contributed by atoms with Gasteiger partial charge in [-0.2, -0.15) is 0 Å². The molecule has 1 aromatic heterocycles. The lowest BCUT2D eigenvalue weighted by molar-refractivity contribution is 0.0477. The molecule has 0 spiro atoms. The topological polar surface area (TPSA) is 51.2 Å². The summed E-state index contributed by atoms with van der Waals surface area (Å²) in [4.78, 5) is 15.5. The third kappa shape index (κ3) is 3.82. The number of carbonyl (C=O) groups is 1. The number of ether oxygens (including phenoxy) is 1. The van der Waals surface area contributed by atoms with Crippen LogP contribution in [0.25, 0.3) is 0 Å². The third-order valence-electron chi connectivity index (χ3n) is 3.06. The van der Waals surface area contributed by atoms with Gasteiger partial charge < -0.3 is 10.1 Å². The largest absolute Gasteiger partial charge is 0.462 e. The van der Waals surface area contributed by atoms with Crippen molar-refractivity contribution in [3.8, 4) is 0 Å². The van der Waals surface area contributed by atoms with Crippen LogP contribution in [0.2, 0.25) is 0 Å². The molecule has 0 radical (unpaired) electrons. The molecule has 1 N–H and O–H groups in total. The molecule has 0 aliphatic carbocycles. The highest BCUT2D eigenvalue weighted by atomic mass is 16.5. The monoisotopic (exact) mass is 234 g/mol. The first-order valence-electron chi connectivity index (χ1n) is 6.14. The highest BCUT2D eigenvalue weighted by Gasteiger charge is 2.14. The molecule has 0 amide bonds. The summed E-state index contributed by atoms with van der Waals surface area (Å²) in [6, 6.07) is 3.46. The minimum Gasteiger partial charge on any atom is -0.462 e. The molecule has 1 aliphatic rings. The van der Waals surface area contributed by atoms with Crippen LogP contribution in [-0.2, 0) is 4.74 Å². The van der Waals surface area contributed by atoms with Crippen LogP contribution >= 0.6 is 0 Å². The number of piperidine rings is 1. The first kappa shape index (κ1) is 12.0. The van der Waals surface area contributed by atoms with Gasteiger partial charge >= 0.3 is 5.97 Å². The van der Waals surface area contributed by atoms with E-state index < -0.39 is 0 Å². The quantitative estimate of drug-likeness (QED) is 0.804. The van der Waals surface area contributed by atoms with Crippen molar-refractivity contribution >= 4 is 5.97 Å². The van der Waals surface area contributed by atoms with Crippen LogP contribution in [-0.4, -0.2) is 30.6 Å². The van der Waals surface area contributed by atoms with Gasteiger partial charge in [0.1, 0.15) is 0 Å². The summed E-state index contributed by atoms with van der Waals surface area (Å²) in [7, 11) is 0. The average molecular weight is 234 g/mol. The van der Waals surface area contributed by atoms with Gasteiger partial charge in [0, 0.05) is 12.4 Å². The van der Waals surface area contributed by atoms with E-state index in [1.165, 1.54) is 19.0 Å². The minimum absolute atomic E-state index is 0.276. The number of nitrogens with zero attached hydrogens (tertiary/aromatic N) is 1. The van der Waals surface area contributed by atoms with Crippen molar-refractivity contribution in [3.63, 3.8) is 0 Å². The fourth-order valence-electron chi connectivity index (χ4n) is 2.06. The Kier molecular flexibility index (Phi) is 4.50.